The molecule has 1 amide bonds. The van der Waals surface area contributed by atoms with Crippen LogP contribution in [0.15, 0.2) is 0 Å². The van der Waals surface area contributed by atoms with Crippen molar-refractivity contribution in [3.8, 4) is 0 Å². The lowest BCUT2D eigenvalue weighted by molar-refractivity contribution is -0.0309. The zero-order valence-electron chi connectivity index (χ0n) is 13.3. The largest absolute Gasteiger partial charge is 0.444 e. The quantitative estimate of drug-likeness (QED) is 0.786. The predicted molar refractivity (Wildman–Crippen MR) is 76.2 cm³/mol. The molecule has 0 N–H and O–H groups in total. The van der Waals surface area contributed by atoms with Gasteiger partial charge in [0.15, 0.2) is 0 Å². The van der Waals surface area contributed by atoms with E-state index in [2.05, 4.69) is 20.8 Å². The van der Waals surface area contributed by atoms with Crippen molar-refractivity contribution in [3.05, 3.63) is 0 Å². The van der Waals surface area contributed by atoms with Gasteiger partial charge < -0.3 is 14.4 Å². The number of ether oxygens (including phenoxy) is 2. The first-order chi connectivity index (χ1) is 8.61. The van der Waals surface area contributed by atoms with Crippen LogP contribution < -0.4 is 0 Å². The number of carbonyl (C=O) groups is 1. The summed E-state index contributed by atoms with van der Waals surface area (Å²) in [6, 6.07) is 0. The third kappa shape index (κ3) is 5.81. The van der Waals surface area contributed by atoms with Gasteiger partial charge in [-0.15, -0.1) is 0 Å². The van der Waals surface area contributed by atoms with E-state index in [1.165, 1.54) is 0 Å². The molecule has 0 radical (unpaired) electrons. The normalized spacial score (nSPS) is 24.1. The van der Waals surface area contributed by atoms with Crippen LogP contribution in [0.1, 0.15) is 54.4 Å². The van der Waals surface area contributed by atoms with Crippen LogP contribution in [0.3, 0.4) is 0 Å². The van der Waals surface area contributed by atoms with Crippen molar-refractivity contribution in [2.45, 2.75) is 65.6 Å². The monoisotopic (exact) mass is 271 g/mol. The van der Waals surface area contributed by atoms with Gasteiger partial charge in [0, 0.05) is 13.2 Å². The number of likely N-dealkylation sites (tertiary alicyclic amines) is 1. The van der Waals surface area contributed by atoms with Crippen LogP contribution in [0.4, 0.5) is 4.79 Å². The number of carbonyl (C=O) groups excluding carboxylic acids is 1. The number of hydrogen-bond acceptors (Lipinski definition) is 3. The maximum atomic E-state index is 12.0. The van der Waals surface area contributed by atoms with Gasteiger partial charge >= 0.3 is 6.09 Å². The van der Waals surface area contributed by atoms with Crippen molar-refractivity contribution in [2.24, 2.45) is 5.92 Å². The van der Waals surface area contributed by atoms with E-state index in [9.17, 15) is 4.79 Å². The van der Waals surface area contributed by atoms with Gasteiger partial charge in [0.1, 0.15) is 5.60 Å². The topological polar surface area (TPSA) is 38.8 Å². The maximum Gasteiger partial charge on any atom is 0.410 e. The molecule has 112 valence electrons. The van der Waals surface area contributed by atoms with Gasteiger partial charge in [-0.2, -0.15) is 0 Å². The first kappa shape index (κ1) is 16.3. The lowest BCUT2D eigenvalue weighted by atomic mass is 10.1. The minimum Gasteiger partial charge on any atom is -0.444 e. The van der Waals surface area contributed by atoms with Crippen molar-refractivity contribution in [1.29, 1.82) is 0 Å². The predicted octanol–water partition coefficient (Wildman–Crippen LogP) is 3.45. The molecular weight excluding hydrogens is 242 g/mol. The Labute approximate surface area is 117 Å². The molecule has 0 aromatic rings. The highest BCUT2D eigenvalue weighted by molar-refractivity contribution is 5.68. The average molecular weight is 271 g/mol. The highest BCUT2D eigenvalue weighted by atomic mass is 16.6. The van der Waals surface area contributed by atoms with E-state index in [4.69, 9.17) is 9.47 Å². The second-order valence-corrected chi connectivity index (χ2v) is 7.13. The summed E-state index contributed by atoms with van der Waals surface area (Å²) < 4.78 is 11.4. The van der Waals surface area contributed by atoms with Gasteiger partial charge in [-0.3, -0.25) is 0 Å². The van der Waals surface area contributed by atoms with Crippen molar-refractivity contribution in [2.75, 3.05) is 19.7 Å². The Kier molecular flexibility index (Phi) is 5.25. The summed E-state index contributed by atoms with van der Waals surface area (Å²) in [5, 5.41) is 0. The molecular formula is C15H29NO3. The molecule has 0 aliphatic carbocycles. The van der Waals surface area contributed by atoms with Crippen molar-refractivity contribution >= 4 is 6.09 Å². The molecule has 4 heteroatoms. The third-order valence-electron chi connectivity index (χ3n) is 3.23. The molecule has 1 fully saturated rings. The molecule has 19 heavy (non-hydrogen) atoms. The third-order valence-corrected chi connectivity index (χ3v) is 3.23. The summed E-state index contributed by atoms with van der Waals surface area (Å²) in [6.07, 6.45) is 1.70. The minimum absolute atomic E-state index is 0.216. The highest BCUT2D eigenvalue weighted by Gasteiger charge is 2.38. The number of nitrogens with zero attached hydrogens (tertiary/aromatic N) is 1. The van der Waals surface area contributed by atoms with Gasteiger partial charge in [-0.1, -0.05) is 13.8 Å². The highest BCUT2D eigenvalue weighted by Crippen LogP contribution is 2.26. The Bertz CT molecular complexity index is 309. The first-order valence-corrected chi connectivity index (χ1v) is 7.23. The van der Waals surface area contributed by atoms with Crippen LogP contribution >= 0.6 is 0 Å². The molecule has 1 unspecified atom stereocenters. The standard InChI is InChI=1S/C15H29NO3/c1-12(2)7-10-18-15(6)8-9-16(11-15)13(17)19-14(3,4)5/h12H,7-11H2,1-6H3. The summed E-state index contributed by atoms with van der Waals surface area (Å²) in [7, 11) is 0. The lowest BCUT2D eigenvalue weighted by Gasteiger charge is -2.27. The van der Waals surface area contributed by atoms with E-state index in [0.717, 1.165) is 19.4 Å². The van der Waals surface area contributed by atoms with Crippen molar-refractivity contribution in [1.82, 2.24) is 4.90 Å². The number of hydrogen-bond donors (Lipinski definition) is 0. The van der Waals surface area contributed by atoms with Crippen LogP contribution in [-0.2, 0) is 9.47 Å². The minimum atomic E-state index is -0.436. The summed E-state index contributed by atoms with van der Waals surface area (Å²) in [5.74, 6) is 0.645. The average Bonchev–Trinajstić information content (AvgIpc) is 2.58. The van der Waals surface area contributed by atoms with Crippen LogP contribution in [0.5, 0.6) is 0 Å². The zero-order chi connectivity index (χ0) is 14.7. The van der Waals surface area contributed by atoms with Gasteiger partial charge in [0.25, 0.3) is 0 Å². The molecule has 1 rings (SSSR count). The van der Waals surface area contributed by atoms with E-state index in [1.807, 2.05) is 20.8 Å². The zero-order valence-corrected chi connectivity index (χ0v) is 13.3. The molecule has 4 nitrogen and oxygen atoms in total. The number of rotatable bonds is 4. The van der Waals surface area contributed by atoms with Gasteiger partial charge in [-0.05, 0) is 46.5 Å². The van der Waals surface area contributed by atoms with Gasteiger partial charge in [0.05, 0.1) is 12.1 Å². The van der Waals surface area contributed by atoms with E-state index in [-0.39, 0.29) is 11.7 Å². The Morgan fingerprint density at radius 1 is 1.37 bits per heavy atom. The summed E-state index contributed by atoms with van der Waals surface area (Å²) in [4.78, 5) is 13.7. The van der Waals surface area contributed by atoms with E-state index in [0.29, 0.717) is 19.0 Å². The summed E-state index contributed by atoms with van der Waals surface area (Å²) in [6.45, 7) is 14.2. The smallest absolute Gasteiger partial charge is 0.410 e. The Morgan fingerprint density at radius 3 is 2.53 bits per heavy atom. The Balaban J connectivity index is 2.41. The summed E-state index contributed by atoms with van der Waals surface area (Å²) >= 11 is 0. The van der Waals surface area contributed by atoms with Crippen molar-refractivity contribution in [3.63, 3.8) is 0 Å². The molecule has 1 aliphatic rings. The molecule has 1 heterocycles. The second kappa shape index (κ2) is 6.12. The van der Waals surface area contributed by atoms with Gasteiger partial charge in [-0.25, -0.2) is 4.79 Å². The molecule has 0 aromatic heterocycles. The van der Waals surface area contributed by atoms with Crippen LogP contribution in [-0.4, -0.2) is 41.9 Å². The SMILES string of the molecule is CC(C)CCOC1(C)CCN(C(=O)OC(C)(C)C)C1. The Hall–Kier alpha value is -0.770. The first-order valence-electron chi connectivity index (χ1n) is 7.23. The molecule has 0 spiro atoms. The lowest BCUT2D eigenvalue weighted by Crippen LogP contribution is -2.39. The van der Waals surface area contributed by atoms with Crippen molar-refractivity contribution < 1.29 is 14.3 Å². The van der Waals surface area contributed by atoms with Crippen LogP contribution in [0.2, 0.25) is 0 Å². The van der Waals surface area contributed by atoms with E-state index in [1.54, 1.807) is 4.90 Å². The Morgan fingerprint density at radius 2 is 2.00 bits per heavy atom. The molecule has 1 aliphatic heterocycles. The molecule has 1 atom stereocenters. The maximum absolute atomic E-state index is 12.0. The van der Waals surface area contributed by atoms with Gasteiger partial charge in [0.2, 0.25) is 0 Å². The fourth-order valence-electron chi connectivity index (χ4n) is 2.07. The fourth-order valence-corrected chi connectivity index (χ4v) is 2.07. The number of amides is 1. The van der Waals surface area contributed by atoms with Crippen LogP contribution in [0, 0.1) is 5.92 Å². The second-order valence-electron chi connectivity index (χ2n) is 7.13. The molecule has 0 aromatic carbocycles. The molecule has 0 bridgehead atoms. The molecule has 1 saturated heterocycles. The summed E-state index contributed by atoms with van der Waals surface area (Å²) in [5.41, 5.74) is -0.652. The molecule has 0 saturated carbocycles. The fraction of sp³-hybridized carbons (Fsp3) is 0.933. The van der Waals surface area contributed by atoms with Crippen LogP contribution in [0.25, 0.3) is 0 Å². The van der Waals surface area contributed by atoms with E-state index < -0.39 is 5.60 Å². The van der Waals surface area contributed by atoms with E-state index >= 15 is 0 Å².